The van der Waals surface area contributed by atoms with Crippen molar-refractivity contribution >= 4 is 0 Å². The number of nitrogens with zero attached hydrogens (tertiary/aromatic N) is 4. The van der Waals surface area contributed by atoms with Crippen LogP contribution >= 0.6 is 0 Å². The SMILES string of the molecule is COc1cccc(-c2nn(C(C)(C)C)cc2CN2CCC(N3CCNCC3)C2)c1. The van der Waals surface area contributed by atoms with Gasteiger partial charge in [0.25, 0.3) is 0 Å². The average Bonchev–Trinajstić information content (AvgIpc) is 3.36. The summed E-state index contributed by atoms with van der Waals surface area (Å²) in [5, 5.41) is 8.46. The Morgan fingerprint density at radius 2 is 1.97 bits per heavy atom. The number of aromatic nitrogens is 2. The topological polar surface area (TPSA) is 45.6 Å². The molecule has 0 saturated carbocycles. The van der Waals surface area contributed by atoms with Crippen molar-refractivity contribution in [2.24, 2.45) is 0 Å². The van der Waals surface area contributed by atoms with E-state index in [0.717, 1.165) is 49.7 Å². The van der Waals surface area contributed by atoms with Crippen LogP contribution < -0.4 is 10.1 Å². The number of hydrogen-bond donors (Lipinski definition) is 1. The molecule has 2 aromatic rings. The highest BCUT2D eigenvalue weighted by molar-refractivity contribution is 5.64. The molecule has 1 N–H and O–H groups in total. The highest BCUT2D eigenvalue weighted by Gasteiger charge is 2.29. The van der Waals surface area contributed by atoms with Crippen LogP contribution in [0, 0.1) is 0 Å². The molecule has 0 aliphatic carbocycles. The summed E-state index contributed by atoms with van der Waals surface area (Å²) in [5.74, 6) is 0.874. The molecule has 0 radical (unpaired) electrons. The molecule has 2 fully saturated rings. The highest BCUT2D eigenvalue weighted by Crippen LogP contribution is 2.30. The molecule has 6 heteroatoms. The van der Waals surface area contributed by atoms with Crippen molar-refractivity contribution in [1.29, 1.82) is 0 Å². The third-order valence-electron chi connectivity index (χ3n) is 6.13. The van der Waals surface area contributed by atoms with Crippen LogP contribution in [-0.2, 0) is 12.1 Å². The van der Waals surface area contributed by atoms with Crippen molar-refractivity contribution in [2.45, 2.75) is 45.3 Å². The molecule has 1 aromatic carbocycles. The first-order chi connectivity index (χ1) is 13.9. The Kier molecular flexibility index (Phi) is 5.95. The number of methoxy groups -OCH3 is 1. The van der Waals surface area contributed by atoms with Crippen molar-refractivity contribution in [3.8, 4) is 17.0 Å². The fourth-order valence-corrected chi connectivity index (χ4v) is 4.42. The summed E-state index contributed by atoms with van der Waals surface area (Å²) in [5.41, 5.74) is 3.46. The lowest BCUT2D eigenvalue weighted by Gasteiger charge is -2.32. The molecule has 6 nitrogen and oxygen atoms in total. The minimum atomic E-state index is -0.0415. The number of hydrogen-bond acceptors (Lipinski definition) is 5. The van der Waals surface area contributed by atoms with Gasteiger partial charge in [0.1, 0.15) is 5.75 Å². The Balaban J connectivity index is 1.55. The maximum Gasteiger partial charge on any atom is 0.119 e. The summed E-state index contributed by atoms with van der Waals surface area (Å²) in [6.07, 6.45) is 3.51. The molecular weight excluding hydrogens is 362 g/mol. The number of benzene rings is 1. The Morgan fingerprint density at radius 3 is 2.69 bits per heavy atom. The average molecular weight is 398 g/mol. The second-order valence-corrected chi connectivity index (χ2v) is 9.31. The molecule has 29 heavy (non-hydrogen) atoms. The molecule has 2 aliphatic rings. The van der Waals surface area contributed by atoms with Crippen LogP contribution in [-0.4, -0.2) is 72.0 Å². The summed E-state index contributed by atoms with van der Waals surface area (Å²) in [4.78, 5) is 5.26. The van der Waals surface area contributed by atoms with Crippen molar-refractivity contribution in [3.63, 3.8) is 0 Å². The first-order valence-corrected chi connectivity index (χ1v) is 10.8. The van der Waals surface area contributed by atoms with Gasteiger partial charge in [0, 0.05) is 69.2 Å². The molecule has 0 bridgehead atoms. The third kappa shape index (κ3) is 4.65. The lowest BCUT2D eigenvalue weighted by atomic mass is 10.1. The van der Waals surface area contributed by atoms with E-state index in [9.17, 15) is 0 Å². The Morgan fingerprint density at radius 1 is 1.17 bits per heavy atom. The summed E-state index contributed by atoms with van der Waals surface area (Å²) >= 11 is 0. The zero-order chi connectivity index (χ0) is 20.4. The van der Waals surface area contributed by atoms with E-state index >= 15 is 0 Å². The molecule has 1 atom stereocenters. The zero-order valence-electron chi connectivity index (χ0n) is 18.3. The molecule has 158 valence electrons. The van der Waals surface area contributed by atoms with Gasteiger partial charge < -0.3 is 10.1 Å². The molecule has 1 aromatic heterocycles. The van der Waals surface area contributed by atoms with Crippen LogP contribution in [0.3, 0.4) is 0 Å². The van der Waals surface area contributed by atoms with Crippen molar-refractivity contribution < 1.29 is 4.74 Å². The third-order valence-corrected chi connectivity index (χ3v) is 6.13. The normalized spacial score (nSPS) is 21.6. The van der Waals surface area contributed by atoms with Gasteiger partial charge in [-0.25, -0.2) is 0 Å². The smallest absolute Gasteiger partial charge is 0.119 e. The number of likely N-dealkylation sites (tertiary alicyclic amines) is 1. The molecule has 2 aliphatic heterocycles. The van der Waals surface area contributed by atoms with E-state index in [1.54, 1.807) is 7.11 Å². The van der Waals surface area contributed by atoms with Crippen molar-refractivity contribution in [3.05, 3.63) is 36.0 Å². The lowest BCUT2D eigenvalue weighted by Crippen LogP contribution is -2.49. The van der Waals surface area contributed by atoms with Crippen LogP contribution in [0.25, 0.3) is 11.3 Å². The van der Waals surface area contributed by atoms with Gasteiger partial charge in [-0.3, -0.25) is 14.5 Å². The van der Waals surface area contributed by atoms with Crippen molar-refractivity contribution in [1.82, 2.24) is 24.9 Å². The van der Waals surface area contributed by atoms with Crippen LogP contribution in [0.5, 0.6) is 5.75 Å². The molecular formula is C23H35N5O. The van der Waals surface area contributed by atoms with Gasteiger partial charge >= 0.3 is 0 Å². The fraction of sp³-hybridized carbons (Fsp3) is 0.609. The minimum absolute atomic E-state index is 0.0415. The molecule has 3 heterocycles. The van der Waals surface area contributed by atoms with Gasteiger partial charge in [-0.15, -0.1) is 0 Å². The number of rotatable bonds is 5. The first kappa shape index (κ1) is 20.4. The summed E-state index contributed by atoms with van der Waals surface area (Å²) in [7, 11) is 1.72. The van der Waals surface area contributed by atoms with Crippen LogP contribution in [0.4, 0.5) is 0 Å². The summed E-state index contributed by atoms with van der Waals surface area (Å²) < 4.78 is 7.56. The maximum atomic E-state index is 5.45. The standard InChI is InChI=1S/C23H35N5O/c1-23(2,3)28-16-19(22(25-28)18-6-5-7-21(14-18)29-4)15-26-11-8-20(17-26)27-12-9-24-10-13-27/h5-7,14,16,20,24H,8-13,15,17H2,1-4H3. The molecule has 0 amide bonds. The highest BCUT2D eigenvalue weighted by atomic mass is 16.5. The van der Waals surface area contributed by atoms with Gasteiger partial charge in [-0.2, -0.15) is 5.10 Å². The number of ether oxygens (including phenoxy) is 1. The van der Waals surface area contributed by atoms with E-state index in [1.807, 2.05) is 12.1 Å². The predicted octanol–water partition coefficient (Wildman–Crippen LogP) is 2.79. The number of piperazine rings is 1. The van der Waals surface area contributed by atoms with Crippen LogP contribution in [0.15, 0.2) is 30.5 Å². The largest absolute Gasteiger partial charge is 0.497 e. The maximum absolute atomic E-state index is 5.45. The Labute approximate surface area is 174 Å². The van der Waals surface area contributed by atoms with E-state index in [4.69, 9.17) is 9.84 Å². The van der Waals surface area contributed by atoms with Gasteiger partial charge in [0.2, 0.25) is 0 Å². The second-order valence-electron chi connectivity index (χ2n) is 9.31. The molecule has 1 unspecified atom stereocenters. The minimum Gasteiger partial charge on any atom is -0.497 e. The quantitative estimate of drug-likeness (QED) is 0.841. The predicted molar refractivity (Wildman–Crippen MR) is 117 cm³/mol. The van der Waals surface area contributed by atoms with Crippen LogP contribution in [0.2, 0.25) is 0 Å². The van der Waals surface area contributed by atoms with E-state index in [-0.39, 0.29) is 5.54 Å². The van der Waals surface area contributed by atoms with Gasteiger partial charge in [0.15, 0.2) is 0 Å². The van der Waals surface area contributed by atoms with E-state index in [2.05, 4.69) is 58.9 Å². The number of nitrogens with one attached hydrogen (secondary N) is 1. The summed E-state index contributed by atoms with van der Waals surface area (Å²) in [6.45, 7) is 14.5. The Hall–Kier alpha value is -1.89. The first-order valence-electron chi connectivity index (χ1n) is 10.8. The molecule has 0 spiro atoms. The lowest BCUT2D eigenvalue weighted by molar-refractivity contribution is 0.170. The monoisotopic (exact) mass is 397 g/mol. The molecule has 2 saturated heterocycles. The van der Waals surface area contributed by atoms with Gasteiger partial charge in [-0.05, 0) is 39.3 Å². The van der Waals surface area contributed by atoms with E-state index in [1.165, 1.54) is 25.1 Å². The summed E-state index contributed by atoms with van der Waals surface area (Å²) in [6, 6.07) is 8.95. The van der Waals surface area contributed by atoms with Gasteiger partial charge in [0.05, 0.1) is 18.3 Å². The second kappa shape index (κ2) is 8.46. The van der Waals surface area contributed by atoms with E-state index in [0.29, 0.717) is 6.04 Å². The Bertz CT molecular complexity index is 819. The van der Waals surface area contributed by atoms with E-state index < -0.39 is 0 Å². The zero-order valence-corrected chi connectivity index (χ0v) is 18.3. The van der Waals surface area contributed by atoms with Crippen LogP contribution in [0.1, 0.15) is 32.8 Å². The van der Waals surface area contributed by atoms with Crippen molar-refractivity contribution in [2.75, 3.05) is 46.4 Å². The molecule has 4 rings (SSSR count). The van der Waals surface area contributed by atoms with Gasteiger partial charge in [-0.1, -0.05) is 12.1 Å². The fourth-order valence-electron chi connectivity index (χ4n) is 4.42.